The van der Waals surface area contributed by atoms with Crippen molar-refractivity contribution in [3.63, 3.8) is 0 Å². The first-order chi connectivity index (χ1) is 17.5. The van der Waals surface area contributed by atoms with Crippen molar-refractivity contribution in [3.8, 4) is 0 Å². The van der Waals surface area contributed by atoms with Crippen molar-refractivity contribution in [2.45, 2.75) is 43.9 Å². The van der Waals surface area contributed by atoms with Crippen molar-refractivity contribution in [1.82, 2.24) is 14.8 Å². The number of alkyl halides is 1. The largest absolute Gasteiger partial charge is 0.464 e. The highest BCUT2D eigenvalue weighted by Gasteiger charge is 2.47. The second kappa shape index (κ2) is 10.5. The van der Waals surface area contributed by atoms with Gasteiger partial charge in [-0.2, -0.15) is 0 Å². The standard InChI is InChI=1S/C26H26ClF2N3O5/c1-26(29)12-21(24(35)30-19(9-10-33)17-6-4-7-18(27)23(17)28)32(14-26)22(34)11-15-13-31(25(36)37)20-8-3-2-5-16(15)20/h2-8,13,19,21,33H,9-12,14H2,1H3,(H,30,35)(H,36,37)/t19-,21+,26-/m1/s1. The Kier molecular flexibility index (Phi) is 7.52. The van der Waals surface area contributed by atoms with Crippen molar-refractivity contribution in [3.05, 3.63) is 70.6 Å². The second-order valence-corrected chi connectivity index (χ2v) is 9.78. The highest BCUT2D eigenvalue weighted by molar-refractivity contribution is 6.30. The van der Waals surface area contributed by atoms with Crippen LogP contribution in [0.3, 0.4) is 0 Å². The molecule has 1 saturated heterocycles. The number of carbonyl (C=O) groups is 3. The van der Waals surface area contributed by atoms with Gasteiger partial charge in [-0.05, 0) is 31.0 Å². The van der Waals surface area contributed by atoms with Crippen LogP contribution in [0.2, 0.25) is 5.02 Å². The van der Waals surface area contributed by atoms with Crippen molar-refractivity contribution in [2.24, 2.45) is 0 Å². The van der Waals surface area contributed by atoms with Gasteiger partial charge in [0.25, 0.3) is 0 Å². The molecule has 11 heteroatoms. The van der Waals surface area contributed by atoms with Crippen LogP contribution in [0.1, 0.15) is 36.9 Å². The van der Waals surface area contributed by atoms with Gasteiger partial charge in [-0.15, -0.1) is 0 Å². The summed E-state index contributed by atoms with van der Waals surface area (Å²) in [5.41, 5.74) is -0.955. The average molecular weight is 534 g/mol. The Morgan fingerprint density at radius 3 is 2.65 bits per heavy atom. The van der Waals surface area contributed by atoms with E-state index < -0.39 is 41.5 Å². The molecule has 1 fully saturated rings. The minimum absolute atomic E-state index is 0.0226. The molecule has 1 aliphatic heterocycles. The predicted molar refractivity (Wildman–Crippen MR) is 133 cm³/mol. The lowest BCUT2D eigenvalue weighted by atomic mass is 10.0. The Balaban J connectivity index is 1.59. The number of fused-ring (bicyclic) bond motifs is 1. The molecule has 0 bridgehead atoms. The van der Waals surface area contributed by atoms with Gasteiger partial charge in [-0.3, -0.25) is 14.2 Å². The molecule has 2 amide bonds. The molecule has 0 radical (unpaired) electrons. The molecule has 4 rings (SSSR count). The third-order valence-corrected chi connectivity index (χ3v) is 6.84. The van der Waals surface area contributed by atoms with Crippen LogP contribution in [0.4, 0.5) is 13.6 Å². The number of carbonyl (C=O) groups excluding carboxylic acids is 2. The maximum absolute atomic E-state index is 15.1. The number of nitrogens with one attached hydrogen (secondary N) is 1. The van der Waals surface area contributed by atoms with Gasteiger partial charge in [0.1, 0.15) is 17.5 Å². The van der Waals surface area contributed by atoms with Crippen molar-refractivity contribution < 1.29 is 33.4 Å². The Morgan fingerprint density at radius 2 is 1.95 bits per heavy atom. The van der Waals surface area contributed by atoms with Gasteiger partial charge in [0.05, 0.1) is 29.5 Å². The van der Waals surface area contributed by atoms with Crippen molar-refractivity contribution >= 4 is 40.4 Å². The van der Waals surface area contributed by atoms with Crippen LogP contribution < -0.4 is 5.32 Å². The predicted octanol–water partition coefficient (Wildman–Crippen LogP) is 4.07. The van der Waals surface area contributed by atoms with Crippen LogP contribution in [-0.4, -0.2) is 62.4 Å². The number of aromatic nitrogens is 1. The number of benzene rings is 2. The van der Waals surface area contributed by atoms with E-state index in [-0.39, 0.29) is 43.0 Å². The molecule has 196 valence electrons. The van der Waals surface area contributed by atoms with Crippen LogP contribution in [0, 0.1) is 5.82 Å². The van der Waals surface area contributed by atoms with Crippen molar-refractivity contribution in [2.75, 3.05) is 13.2 Å². The molecule has 3 aromatic rings. The average Bonchev–Trinajstić information content (AvgIpc) is 3.38. The molecule has 1 aliphatic rings. The highest BCUT2D eigenvalue weighted by atomic mass is 35.5. The quantitative estimate of drug-likeness (QED) is 0.424. The summed E-state index contributed by atoms with van der Waals surface area (Å²) in [6, 6.07) is 8.84. The van der Waals surface area contributed by atoms with E-state index in [1.807, 2.05) is 0 Å². The molecule has 3 N–H and O–H groups in total. The SMILES string of the molecule is C[C@@]1(F)C[C@@H](C(=O)N[C@H](CCO)c2cccc(Cl)c2F)N(C(=O)Cc2cn(C(=O)O)c3ccccc23)C1. The summed E-state index contributed by atoms with van der Waals surface area (Å²) < 4.78 is 30.7. The third kappa shape index (κ3) is 5.45. The summed E-state index contributed by atoms with van der Waals surface area (Å²) in [5.74, 6) is -1.99. The van der Waals surface area contributed by atoms with E-state index >= 15 is 4.39 Å². The first-order valence-corrected chi connectivity index (χ1v) is 12.1. The van der Waals surface area contributed by atoms with Gasteiger partial charge >= 0.3 is 6.09 Å². The topological polar surface area (TPSA) is 112 Å². The number of likely N-dealkylation sites (tertiary alicyclic amines) is 1. The van der Waals surface area contributed by atoms with Gasteiger partial charge in [0.2, 0.25) is 11.8 Å². The molecule has 2 aromatic carbocycles. The first-order valence-electron chi connectivity index (χ1n) is 11.7. The summed E-state index contributed by atoms with van der Waals surface area (Å²) in [6.45, 7) is 0.592. The summed E-state index contributed by atoms with van der Waals surface area (Å²) in [6.07, 6.45) is -0.419. The van der Waals surface area contributed by atoms with Crippen LogP contribution in [0.25, 0.3) is 10.9 Å². The number of hydrogen-bond donors (Lipinski definition) is 3. The molecule has 3 atom stereocenters. The van der Waals surface area contributed by atoms with E-state index in [1.54, 1.807) is 24.3 Å². The number of aliphatic hydroxyl groups is 1. The maximum atomic E-state index is 15.1. The smallest absolute Gasteiger partial charge is 0.416 e. The van der Waals surface area contributed by atoms with Crippen LogP contribution in [0.15, 0.2) is 48.7 Å². The zero-order valence-corrected chi connectivity index (χ0v) is 20.7. The number of halogens is 3. The molecule has 1 aromatic heterocycles. The second-order valence-electron chi connectivity index (χ2n) is 9.37. The van der Waals surface area contributed by atoms with Gasteiger partial charge in [-0.1, -0.05) is 41.9 Å². The van der Waals surface area contributed by atoms with Gasteiger partial charge < -0.3 is 20.4 Å². The summed E-state index contributed by atoms with van der Waals surface area (Å²) >= 11 is 5.87. The molecular weight excluding hydrogens is 508 g/mol. The van der Waals surface area contributed by atoms with Gasteiger partial charge in [0.15, 0.2) is 0 Å². The normalized spacial score (nSPS) is 20.2. The summed E-state index contributed by atoms with van der Waals surface area (Å²) in [5, 5.41) is 22.0. The van der Waals surface area contributed by atoms with E-state index in [9.17, 15) is 29.0 Å². The first kappa shape index (κ1) is 26.6. The van der Waals surface area contributed by atoms with Crippen LogP contribution >= 0.6 is 11.6 Å². The number of hydrogen-bond acceptors (Lipinski definition) is 4. The Morgan fingerprint density at radius 1 is 1.22 bits per heavy atom. The molecule has 0 unspecified atom stereocenters. The third-order valence-electron chi connectivity index (χ3n) is 6.55. The molecule has 0 aliphatic carbocycles. The molecule has 2 heterocycles. The molecule has 8 nitrogen and oxygen atoms in total. The highest BCUT2D eigenvalue weighted by Crippen LogP contribution is 2.33. The summed E-state index contributed by atoms with van der Waals surface area (Å²) in [4.78, 5) is 39.4. The minimum Gasteiger partial charge on any atom is -0.464 e. The monoisotopic (exact) mass is 533 g/mol. The number of nitrogens with zero attached hydrogens (tertiary/aromatic N) is 2. The molecule has 37 heavy (non-hydrogen) atoms. The lowest BCUT2D eigenvalue weighted by Gasteiger charge is -2.26. The van der Waals surface area contributed by atoms with Gasteiger partial charge in [0, 0.05) is 30.2 Å². The van der Waals surface area contributed by atoms with Gasteiger partial charge in [-0.25, -0.2) is 13.6 Å². The summed E-state index contributed by atoms with van der Waals surface area (Å²) in [7, 11) is 0. The zero-order valence-electron chi connectivity index (χ0n) is 20.0. The van der Waals surface area contributed by atoms with E-state index in [0.717, 1.165) is 9.47 Å². The molecule has 0 spiro atoms. The number of para-hydroxylation sites is 1. The Bertz CT molecular complexity index is 1360. The lowest BCUT2D eigenvalue weighted by Crippen LogP contribution is -2.47. The molecule has 0 saturated carbocycles. The maximum Gasteiger partial charge on any atom is 0.416 e. The van der Waals surface area contributed by atoms with E-state index in [2.05, 4.69) is 5.32 Å². The number of carboxylic acid groups (broad SMARTS) is 1. The Hall–Kier alpha value is -3.50. The van der Waals surface area contributed by atoms with E-state index in [1.165, 1.54) is 31.3 Å². The van der Waals surface area contributed by atoms with Crippen LogP contribution in [-0.2, 0) is 16.0 Å². The fourth-order valence-corrected chi connectivity index (χ4v) is 5.03. The van der Waals surface area contributed by atoms with Crippen molar-refractivity contribution in [1.29, 1.82) is 0 Å². The number of aliphatic hydroxyl groups excluding tert-OH is 1. The zero-order chi connectivity index (χ0) is 26.9. The van der Waals surface area contributed by atoms with E-state index in [4.69, 9.17) is 11.6 Å². The number of rotatable bonds is 7. The Labute approximate surface area is 216 Å². The fraction of sp³-hybridized carbons (Fsp3) is 0.346. The van der Waals surface area contributed by atoms with Crippen LogP contribution in [0.5, 0.6) is 0 Å². The lowest BCUT2D eigenvalue weighted by molar-refractivity contribution is -0.138. The number of amides is 2. The fourth-order valence-electron chi connectivity index (χ4n) is 4.85. The minimum atomic E-state index is -1.85. The van der Waals surface area contributed by atoms with E-state index in [0.29, 0.717) is 16.5 Å². The molecular formula is C26H26ClF2N3O5.